The average molecular weight is 152 g/mol. The normalized spacial score (nSPS) is 9.55. The molecule has 0 aliphatic heterocycles. The molecule has 0 aliphatic carbocycles. The summed E-state index contributed by atoms with van der Waals surface area (Å²) < 4.78 is 0. The minimum atomic E-state index is -0.365. The number of rotatable bonds is 2. The van der Waals surface area contributed by atoms with Gasteiger partial charge < -0.3 is 0 Å². The van der Waals surface area contributed by atoms with E-state index in [1.165, 1.54) is 6.20 Å². The number of nitrogens with zero attached hydrogens (tertiary/aromatic N) is 2. The van der Waals surface area contributed by atoms with Gasteiger partial charge in [0, 0.05) is 22.9 Å². The van der Waals surface area contributed by atoms with E-state index in [1.807, 2.05) is 6.92 Å². The lowest BCUT2D eigenvalue weighted by molar-refractivity contribution is -0.496. The average Bonchev–Trinajstić information content (AvgIpc) is 1.85. The third-order valence-corrected chi connectivity index (χ3v) is 1.24. The van der Waals surface area contributed by atoms with Gasteiger partial charge in [0.2, 0.25) is 6.54 Å². The lowest BCUT2D eigenvalue weighted by Crippen LogP contribution is -1.98. The molecule has 0 aromatic carbocycles. The second kappa shape index (κ2) is 3.09. The van der Waals surface area contributed by atoms with E-state index in [9.17, 15) is 10.1 Å². The topological polar surface area (TPSA) is 56.0 Å². The summed E-state index contributed by atoms with van der Waals surface area (Å²) in [5.74, 6) is 0. The monoisotopic (exact) mass is 152 g/mol. The van der Waals surface area contributed by atoms with E-state index in [2.05, 4.69) is 4.98 Å². The lowest BCUT2D eigenvalue weighted by atomic mass is 10.2. The zero-order valence-electron chi connectivity index (χ0n) is 6.15. The lowest BCUT2D eigenvalue weighted by Gasteiger charge is -1.94. The number of hydrogen-bond donors (Lipinski definition) is 0. The molecule has 1 aromatic rings. The van der Waals surface area contributed by atoms with E-state index in [0.717, 1.165) is 5.56 Å². The molecule has 11 heavy (non-hydrogen) atoms. The molecule has 1 aromatic heterocycles. The Balaban J connectivity index is 2.79. The van der Waals surface area contributed by atoms with Gasteiger partial charge in [0.1, 0.15) is 0 Å². The van der Waals surface area contributed by atoms with Crippen molar-refractivity contribution in [1.29, 1.82) is 0 Å². The Bertz CT molecular complexity index is 273. The summed E-state index contributed by atoms with van der Waals surface area (Å²) in [6, 6.07) is 1.76. The van der Waals surface area contributed by atoms with Gasteiger partial charge in [0.15, 0.2) is 0 Å². The molecule has 0 amide bonds. The van der Waals surface area contributed by atoms with Crippen LogP contribution in [0.2, 0.25) is 0 Å². The fraction of sp³-hybridized carbons (Fsp3) is 0.286. The van der Waals surface area contributed by atoms with Crippen LogP contribution in [-0.4, -0.2) is 9.91 Å². The molecule has 0 bridgehead atoms. The molecule has 0 unspecified atom stereocenters. The number of nitro groups is 1. The molecule has 4 heteroatoms. The van der Waals surface area contributed by atoms with Gasteiger partial charge in [-0.1, -0.05) is 0 Å². The zero-order valence-corrected chi connectivity index (χ0v) is 6.15. The largest absolute Gasteiger partial charge is 0.264 e. The van der Waals surface area contributed by atoms with Gasteiger partial charge >= 0.3 is 0 Å². The van der Waals surface area contributed by atoms with Gasteiger partial charge in [-0.25, -0.2) is 0 Å². The molecule has 0 saturated heterocycles. The van der Waals surface area contributed by atoms with Crippen molar-refractivity contribution in [3.05, 3.63) is 39.7 Å². The van der Waals surface area contributed by atoms with Crippen LogP contribution in [0.1, 0.15) is 11.1 Å². The minimum absolute atomic E-state index is 0.144. The number of aryl methyl sites for hydroxylation is 1. The van der Waals surface area contributed by atoms with Crippen LogP contribution in [0, 0.1) is 17.0 Å². The summed E-state index contributed by atoms with van der Waals surface area (Å²) in [6.07, 6.45) is 3.18. The van der Waals surface area contributed by atoms with Crippen LogP contribution in [0.4, 0.5) is 0 Å². The van der Waals surface area contributed by atoms with E-state index >= 15 is 0 Å². The third kappa shape index (κ3) is 2.33. The maximum atomic E-state index is 10.1. The zero-order chi connectivity index (χ0) is 8.27. The molecule has 0 N–H and O–H groups in total. The van der Waals surface area contributed by atoms with E-state index in [4.69, 9.17) is 0 Å². The molecule has 0 radical (unpaired) electrons. The van der Waals surface area contributed by atoms with Gasteiger partial charge in [0.05, 0.1) is 0 Å². The fourth-order valence-corrected chi connectivity index (χ4v) is 0.853. The van der Waals surface area contributed by atoms with Gasteiger partial charge in [-0.2, -0.15) is 0 Å². The Morgan fingerprint density at radius 3 is 2.91 bits per heavy atom. The SMILES string of the molecule is Cc1cncc(C[N+](=O)[O-])c1. The van der Waals surface area contributed by atoms with E-state index < -0.39 is 0 Å². The third-order valence-electron chi connectivity index (χ3n) is 1.24. The molecule has 0 fully saturated rings. The number of pyridine rings is 1. The minimum Gasteiger partial charge on any atom is -0.264 e. The Morgan fingerprint density at radius 2 is 2.36 bits per heavy atom. The molecule has 1 heterocycles. The Morgan fingerprint density at radius 1 is 1.64 bits per heavy atom. The van der Waals surface area contributed by atoms with Crippen molar-refractivity contribution >= 4 is 0 Å². The first-order valence-electron chi connectivity index (χ1n) is 3.21. The Hall–Kier alpha value is -1.45. The van der Waals surface area contributed by atoms with Crippen molar-refractivity contribution in [3.63, 3.8) is 0 Å². The molecule has 0 atom stereocenters. The van der Waals surface area contributed by atoms with Crippen molar-refractivity contribution in [2.75, 3.05) is 0 Å². The van der Waals surface area contributed by atoms with Crippen molar-refractivity contribution in [2.24, 2.45) is 0 Å². The summed E-state index contributed by atoms with van der Waals surface area (Å²) in [4.78, 5) is 13.5. The van der Waals surface area contributed by atoms with Crippen LogP contribution in [0.3, 0.4) is 0 Å². The highest BCUT2D eigenvalue weighted by molar-refractivity contribution is 5.15. The predicted octanol–water partition coefficient (Wildman–Crippen LogP) is 1.17. The molecule has 1 rings (SSSR count). The molecular formula is C7H8N2O2. The first-order valence-corrected chi connectivity index (χ1v) is 3.21. The number of hydrogen-bond acceptors (Lipinski definition) is 3. The summed E-state index contributed by atoms with van der Waals surface area (Å²) >= 11 is 0. The van der Waals surface area contributed by atoms with Gasteiger partial charge in [0.25, 0.3) is 0 Å². The highest BCUT2D eigenvalue weighted by atomic mass is 16.6. The van der Waals surface area contributed by atoms with Crippen LogP contribution < -0.4 is 0 Å². The van der Waals surface area contributed by atoms with Crippen molar-refractivity contribution in [3.8, 4) is 0 Å². The highest BCUT2D eigenvalue weighted by Gasteiger charge is 2.00. The summed E-state index contributed by atoms with van der Waals surface area (Å²) in [7, 11) is 0. The summed E-state index contributed by atoms with van der Waals surface area (Å²) in [6.45, 7) is 1.71. The molecular weight excluding hydrogens is 144 g/mol. The van der Waals surface area contributed by atoms with Crippen LogP contribution >= 0.6 is 0 Å². The van der Waals surface area contributed by atoms with Crippen LogP contribution in [0.15, 0.2) is 18.5 Å². The first-order chi connectivity index (χ1) is 5.18. The molecule has 0 saturated carbocycles. The maximum absolute atomic E-state index is 10.1. The van der Waals surface area contributed by atoms with Gasteiger partial charge in [-0.05, 0) is 18.6 Å². The van der Waals surface area contributed by atoms with Gasteiger partial charge in [-0.15, -0.1) is 0 Å². The Labute approximate surface area is 64.0 Å². The van der Waals surface area contributed by atoms with Crippen molar-refractivity contribution in [2.45, 2.75) is 13.5 Å². The fourth-order valence-electron chi connectivity index (χ4n) is 0.853. The highest BCUT2D eigenvalue weighted by Crippen LogP contribution is 2.01. The second-order valence-electron chi connectivity index (χ2n) is 2.36. The second-order valence-corrected chi connectivity index (χ2v) is 2.36. The molecule has 0 aliphatic rings. The molecule has 0 spiro atoms. The standard InChI is InChI=1S/C7H8N2O2/c1-6-2-7(4-8-3-6)5-9(10)11/h2-4H,5H2,1H3. The van der Waals surface area contributed by atoms with Crippen LogP contribution in [0.25, 0.3) is 0 Å². The van der Waals surface area contributed by atoms with Crippen LogP contribution in [0.5, 0.6) is 0 Å². The Kier molecular flexibility index (Phi) is 2.15. The van der Waals surface area contributed by atoms with E-state index in [0.29, 0.717) is 5.56 Å². The number of aromatic nitrogens is 1. The molecule has 58 valence electrons. The van der Waals surface area contributed by atoms with E-state index in [1.54, 1.807) is 12.3 Å². The smallest absolute Gasteiger partial charge is 0.230 e. The maximum Gasteiger partial charge on any atom is 0.230 e. The van der Waals surface area contributed by atoms with Gasteiger partial charge in [-0.3, -0.25) is 15.1 Å². The first kappa shape index (κ1) is 7.65. The predicted molar refractivity (Wildman–Crippen MR) is 39.7 cm³/mol. The molecule has 4 nitrogen and oxygen atoms in total. The van der Waals surface area contributed by atoms with Crippen LogP contribution in [-0.2, 0) is 6.54 Å². The summed E-state index contributed by atoms with van der Waals surface area (Å²) in [5.41, 5.74) is 1.60. The van der Waals surface area contributed by atoms with Crippen molar-refractivity contribution < 1.29 is 4.92 Å². The van der Waals surface area contributed by atoms with E-state index in [-0.39, 0.29) is 11.5 Å². The quantitative estimate of drug-likeness (QED) is 0.472. The van der Waals surface area contributed by atoms with Crippen molar-refractivity contribution in [1.82, 2.24) is 4.98 Å². The summed E-state index contributed by atoms with van der Waals surface area (Å²) in [5, 5.41) is 10.1.